The Bertz CT molecular complexity index is 936. The van der Waals surface area contributed by atoms with Gasteiger partial charge < -0.3 is 18.6 Å². The quantitative estimate of drug-likeness (QED) is 0.475. The third-order valence-electron chi connectivity index (χ3n) is 7.25. The maximum Gasteiger partial charge on any atom is 0.261 e. The molecule has 0 radical (unpaired) electrons. The lowest BCUT2D eigenvalue weighted by atomic mass is 10.0. The van der Waals surface area contributed by atoms with Crippen LogP contribution in [0.5, 0.6) is 0 Å². The van der Waals surface area contributed by atoms with Gasteiger partial charge >= 0.3 is 0 Å². The second-order valence-corrected chi connectivity index (χ2v) is 18.3. The van der Waals surface area contributed by atoms with Gasteiger partial charge in [-0.15, -0.1) is 23.5 Å². The smallest absolute Gasteiger partial charge is 0.261 e. The summed E-state index contributed by atoms with van der Waals surface area (Å²) in [6.07, 6.45) is 0.817. The van der Waals surface area contributed by atoms with Crippen LogP contribution in [0, 0.1) is 5.92 Å². The Balaban J connectivity index is 1.48. The zero-order chi connectivity index (χ0) is 24.7. The molecule has 7 heteroatoms. The van der Waals surface area contributed by atoms with Crippen molar-refractivity contribution in [2.75, 3.05) is 18.1 Å². The summed E-state index contributed by atoms with van der Waals surface area (Å²) in [5.41, 5.74) is 0. The van der Waals surface area contributed by atoms with E-state index in [9.17, 15) is 0 Å². The van der Waals surface area contributed by atoms with Crippen molar-refractivity contribution in [2.24, 2.45) is 5.92 Å². The van der Waals surface area contributed by atoms with Crippen molar-refractivity contribution in [1.29, 1.82) is 0 Å². The molecule has 4 atom stereocenters. The van der Waals surface area contributed by atoms with Crippen LogP contribution >= 0.6 is 23.5 Å². The van der Waals surface area contributed by atoms with Crippen molar-refractivity contribution in [3.05, 3.63) is 60.7 Å². The summed E-state index contributed by atoms with van der Waals surface area (Å²) in [6.45, 7) is 11.5. The van der Waals surface area contributed by atoms with Gasteiger partial charge in [-0.05, 0) is 47.2 Å². The first-order valence-electron chi connectivity index (χ1n) is 12.7. The highest BCUT2D eigenvalue weighted by molar-refractivity contribution is 8.17. The van der Waals surface area contributed by atoms with Gasteiger partial charge in [0.25, 0.3) is 8.32 Å². The summed E-state index contributed by atoms with van der Waals surface area (Å²) < 4.78 is 26.9. The zero-order valence-corrected chi connectivity index (χ0v) is 24.1. The molecule has 5 rings (SSSR count). The van der Waals surface area contributed by atoms with Gasteiger partial charge in [0.2, 0.25) is 0 Å². The topological polar surface area (TPSA) is 36.9 Å². The largest absolute Gasteiger partial charge is 0.405 e. The number of thioether (sulfide) groups is 2. The molecule has 4 nitrogen and oxygen atoms in total. The van der Waals surface area contributed by atoms with Crippen molar-refractivity contribution in [2.45, 2.75) is 74.9 Å². The van der Waals surface area contributed by atoms with E-state index in [1.165, 1.54) is 28.3 Å². The molecule has 3 fully saturated rings. The number of fused-ring (bicyclic) bond motifs is 1. The summed E-state index contributed by atoms with van der Waals surface area (Å²) in [5, 5.41) is 2.52. The van der Waals surface area contributed by atoms with E-state index >= 15 is 0 Å². The van der Waals surface area contributed by atoms with Gasteiger partial charge in [-0.2, -0.15) is 0 Å². The van der Waals surface area contributed by atoms with Crippen molar-refractivity contribution in [1.82, 2.24) is 0 Å². The molecule has 190 valence electrons. The highest BCUT2D eigenvalue weighted by atomic mass is 32.2. The minimum atomic E-state index is -2.64. The molecular weight excluding hydrogens is 493 g/mol. The molecule has 0 aliphatic carbocycles. The van der Waals surface area contributed by atoms with E-state index < -0.39 is 14.1 Å². The van der Waals surface area contributed by atoms with Gasteiger partial charge in [-0.3, -0.25) is 0 Å². The number of ether oxygens (including phenoxy) is 3. The van der Waals surface area contributed by atoms with Gasteiger partial charge in [0.1, 0.15) is 6.10 Å². The van der Waals surface area contributed by atoms with Crippen LogP contribution in [-0.2, 0) is 18.6 Å². The molecule has 3 aliphatic rings. The lowest BCUT2D eigenvalue weighted by Gasteiger charge is -2.44. The van der Waals surface area contributed by atoms with Gasteiger partial charge in [-0.25, -0.2) is 0 Å². The van der Waals surface area contributed by atoms with Gasteiger partial charge in [0, 0.05) is 5.92 Å². The highest BCUT2D eigenvalue weighted by Crippen LogP contribution is 2.49. The molecule has 0 unspecified atom stereocenters. The Morgan fingerprint density at radius 1 is 0.914 bits per heavy atom. The van der Waals surface area contributed by atoms with Crippen LogP contribution < -0.4 is 10.4 Å². The first kappa shape index (κ1) is 25.8. The first-order valence-corrected chi connectivity index (χ1v) is 16.7. The summed E-state index contributed by atoms with van der Waals surface area (Å²) >= 11 is 4.10. The normalized spacial score (nSPS) is 29.3. The second-order valence-electron chi connectivity index (χ2n) is 11.2. The zero-order valence-electron chi connectivity index (χ0n) is 21.4. The van der Waals surface area contributed by atoms with Gasteiger partial charge in [0.05, 0.1) is 17.3 Å². The second kappa shape index (κ2) is 10.2. The number of benzene rings is 2. The Morgan fingerprint density at radius 3 is 2.03 bits per heavy atom. The van der Waals surface area contributed by atoms with Crippen LogP contribution in [-0.4, -0.2) is 55.3 Å². The van der Waals surface area contributed by atoms with Crippen LogP contribution in [0.25, 0.3) is 0 Å². The maximum atomic E-state index is 7.27. The minimum Gasteiger partial charge on any atom is -0.405 e. The number of hydrogen-bond acceptors (Lipinski definition) is 6. The molecule has 2 aromatic carbocycles. The Morgan fingerprint density at radius 2 is 1.49 bits per heavy atom. The lowest BCUT2D eigenvalue weighted by Crippen LogP contribution is -2.67. The van der Waals surface area contributed by atoms with Crippen molar-refractivity contribution >= 4 is 42.2 Å². The van der Waals surface area contributed by atoms with Crippen LogP contribution in [0.1, 0.15) is 41.0 Å². The van der Waals surface area contributed by atoms with E-state index in [-0.39, 0.29) is 29.5 Å². The average Bonchev–Trinajstić information content (AvgIpc) is 3.31. The molecule has 0 saturated carbocycles. The van der Waals surface area contributed by atoms with Crippen LogP contribution in [0.4, 0.5) is 0 Å². The monoisotopic (exact) mass is 530 g/mol. The molecule has 3 saturated heterocycles. The van der Waals surface area contributed by atoms with E-state index in [4.69, 9.17) is 18.6 Å². The molecule has 35 heavy (non-hydrogen) atoms. The summed E-state index contributed by atoms with van der Waals surface area (Å²) in [7, 11) is -2.64. The molecule has 2 aromatic rings. The van der Waals surface area contributed by atoms with E-state index in [2.05, 4.69) is 81.4 Å². The number of rotatable bonds is 6. The molecular formula is C28H38O4S2Si. The van der Waals surface area contributed by atoms with Crippen molar-refractivity contribution in [3.63, 3.8) is 0 Å². The minimum absolute atomic E-state index is 0.0548. The summed E-state index contributed by atoms with van der Waals surface area (Å²) in [4.78, 5) is 0. The standard InChI is InChI=1S/C28H38O4S2Si/c1-27(2,3)35(20-13-8-6-9-14-20,21-15-10-7-11-16-21)29-19-22-23(26-33-17-12-18-34-26)24-25(30-22)32-28(4,5)31-24/h6-11,13-16,22-26H,12,17-19H2,1-5H3/t22-,23-,24-,25-/m1/s1. The van der Waals surface area contributed by atoms with Crippen molar-refractivity contribution < 1.29 is 18.6 Å². The average molecular weight is 531 g/mol. The van der Waals surface area contributed by atoms with E-state index in [1.54, 1.807) is 0 Å². The van der Waals surface area contributed by atoms with Gasteiger partial charge in [-0.1, -0.05) is 81.4 Å². The Kier molecular flexibility index (Phi) is 7.50. The number of hydrogen-bond donors (Lipinski definition) is 0. The van der Waals surface area contributed by atoms with Crippen LogP contribution in [0.3, 0.4) is 0 Å². The molecule has 0 amide bonds. The lowest BCUT2D eigenvalue weighted by molar-refractivity contribution is -0.212. The molecule has 0 spiro atoms. The SMILES string of the molecule is CC1(C)O[C@H]2O[C@H](CO[Si](c3ccccc3)(c3ccccc3)C(C)(C)C)[C@@H](C3SCCCS3)[C@H]2O1. The fraction of sp³-hybridized carbons (Fsp3) is 0.571. The molecule has 0 bridgehead atoms. The maximum absolute atomic E-state index is 7.27. The fourth-order valence-electron chi connectivity index (χ4n) is 5.78. The highest BCUT2D eigenvalue weighted by Gasteiger charge is 2.58. The van der Waals surface area contributed by atoms with Gasteiger partial charge in [0.15, 0.2) is 12.1 Å². The van der Waals surface area contributed by atoms with Crippen LogP contribution in [0.2, 0.25) is 5.04 Å². The molecule has 0 N–H and O–H groups in total. The molecule has 3 heterocycles. The Labute approximate surface area is 220 Å². The van der Waals surface area contributed by atoms with E-state index in [0.717, 1.165) is 0 Å². The first-order chi connectivity index (χ1) is 16.7. The summed E-state index contributed by atoms with van der Waals surface area (Å²) in [5.74, 6) is 2.01. The summed E-state index contributed by atoms with van der Waals surface area (Å²) in [6, 6.07) is 21.7. The van der Waals surface area contributed by atoms with E-state index in [0.29, 0.717) is 11.2 Å². The predicted molar refractivity (Wildman–Crippen MR) is 149 cm³/mol. The fourth-order valence-corrected chi connectivity index (χ4v) is 13.7. The predicted octanol–water partition coefficient (Wildman–Crippen LogP) is 5.25. The van der Waals surface area contributed by atoms with Crippen LogP contribution in [0.15, 0.2) is 60.7 Å². The van der Waals surface area contributed by atoms with Crippen molar-refractivity contribution in [3.8, 4) is 0 Å². The molecule has 0 aromatic heterocycles. The molecule has 3 aliphatic heterocycles. The van der Waals surface area contributed by atoms with E-state index in [1.807, 2.05) is 37.4 Å². The third kappa shape index (κ3) is 5.02. The third-order valence-corrected chi connectivity index (χ3v) is 15.4. The Hall–Kier alpha value is -0.803.